The van der Waals surface area contributed by atoms with Crippen molar-refractivity contribution in [3.63, 3.8) is 0 Å². The highest BCUT2D eigenvalue weighted by molar-refractivity contribution is 5.47. The van der Waals surface area contributed by atoms with Crippen LogP contribution < -0.4 is 16.0 Å². The predicted molar refractivity (Wildman–Crippen MR) is 71.2 cm³/mol. The van der Waals surface area contributed by atoms with Gasteiger partial charge in [-0.3, -0.25) is 4.79 Å². The number of nitrogens with one attached hydrogen (secondary N) is 1. The summed E-state index contributed by atoms with van der Waals surface area (Å²) in [6, 6.07) is 3.73. The maximum Gasteiger partial charge on any atom is 0.333 e. The van der Waals surface area contributed by atoms with Gasteiger partial charge in [0.1, 0.15) is 11.6 Å². The molecule has 104 valence electrons. The molecule has 2 aromatic rings. The third kappa shape index (κ3) is 1.84. The van der Waals surface area contributed by atoms with E-state index in [2.05, 4.69) is 4.98 Å². The van der Waals surface area contributed by atoms with E-state index in [1.807, 2.05) is 0 Å². The van der Waals surface area contributed by atoms with Gasteiger partial charge >= 0.3 is 5.69 Å². The second-order valence-electron chi connectivity index (χ2n) is 4.70. The summed E-state index contributed by atoms with van der Waals surface area (Å²) in [4.78, 5) is 27.2. The van der Waals surface area contributed by atoms with Crippen molar-refractivity contribution in [2.75, 3.05) is 7.11 Å². The molecule has 0 radical (unpaired) electrons. The molecule has 1 N–H and O–H groups in total. The quantitative estimate of drug-likeness (QED) is 0.895. The van der Waals surface area contributed by atoms with Crippen molar-refractivity contribution in [3.8, 4) is 11.4 Å². The van der Waals surface area contributed by atoms with E-state index in [0.717, 1.165) is 17.1 Å². The first-order chi connectivity index (χ1) is 9.61. The van der Waals surface area contributed by atoms with Crippen LogP contribution >= 0.6 is 0 Å². The molecule has 0 amide bonds. The molecule has 1 aliphatic carbocycles. The van der Waals surface area contributed by atoms with Crippen molar-refractivity contribution in [3.05, 3.63) is 56.1 Å². The molecule has 0 unspecified atom stereocenters. The Hall–Kier alpha value is -2.37. The van der Waals surface area contributed by atoms with Gasteiger partial charge in [0, 0.05) is 17.3 Å². The first kappa shape index (κ1) is 12.7. The van der Waals surface area contributed by atoms with Gasteiger partial charge in [-0.15, -0.1) is 0 Å². The number of aryl methyl sites for hydroxylation is 1. The summed E-state index contributed by atoms with van der Waals surface area (Å²) in [6.45, 7) is 0. The van der Waals surface area contributed by atoms with Crippen LogP contribution in [0.15, 0.2) is 27.8 Å². The Bertz CT molecular complexity index is 792. The van der Waals surface area contributed by atoms with E-state index < -0.39 is 17.1 Å². The van der Waals surface area contributed by atoms with Gasteiger partial charge in [-0.2, -0.15) is 0 Å². The van der Waals surface area contributed by atoms with Crippen LogP contribution in [0.1, 0.15) is 17.7 Å². The summed E-state index contributed by atoms with van der Waals surface area (Å²) < 4.78 is 19.5. The van der Waals surface area contributed by atoms with E-state index in [-0.39, 0.29) is 11.4 Å². The van der Waals surface area contributed by atoms with Crippen LogP contribution in [0.4, 0.5) is 4.39 Å². The van der Waals surface area contributed by atoms with Gasteiger partial charge in [-0.25, -0.2) is 13.8 Å². The fourth-order valence-electron chi connectivity index (χ4n) is 2.59. The first-order valence-corrected chi connectivity index (χ1v) is 6.33. The molecule has 0 fully saturated rings. The summed E-state index contributed by atoms with van der Waals surface area (Å²) in [7, 11) is 1.41. The van der Waals surface area contributed by atoms with Gasteiger partial charge in [-0.1, -0.05) is 0 Å². The van der Waals surface area contributed by atoms with Crippen molar-refractivity contribution in [1.29, 1.82) is 0 Å². The number of hydrogen-bond acceptors (Lipinski definition) is 3. The van der Waals surface area contributed by atoms with E-state index in [1.54, 1.807) is 0 Å². The second kappa shape index (κ2) is 4.63. The molecule has 5 nitrogen and oxygen atoms in total. The minimum atomic E-state index is -0.570. The minimum absolute atomic E-state index is 0.119. The van der Waals surface area contributed by atoms with E-state index in [9.17, 15) is 14.0 Å². The van der Waals surface area contributed by atoms with Crippen molar-refractivity contribution in [1.82, 2.24) is 9.55 Å². The fraction of sp³-hybridized carbons (Fsp3) is 0.286. The van der Waals surface area contributed by atoms with Gasteiger partial charge < -0.3 is 9.72 Å². The molecule has 3 rings (SSSR count). The molecule has 0 saturated carbocycles. The van der Waals surface area contributed by atoms with Gasteiger partial charge in [-0.05, 0) is 31.4 Å². The molecule has 6 heteroatoms. The van der Waals surface area contributed by atoms with E-state index >= 15 is 0 Å². The van der Waals surface area contributed by atoms with Crippen molar-refractivity contribution in [2.45, 2.75) is 19.3 Å². The molecule has 0 atom stereocenters. The van der Waals surface area contributed by atoms with Crippen LogP contribution in [0.25, 0.3) is 5.69 Å². The van der Waals surface area contributed by atoms with E-state index in [1.165, 1.54) is 19.2 Å². The van der Waals surface area contributed by atoms with Gasteiger partial charge in [0.15, 0.2) is 0 Å². The summed E-state index contributed by atoms with van der Waals surface area (Å²) >= 11 is 0. The molecule has 1 aromatic heterocycles. The lowest BCUT2D eigenvalue weighted by molar-refractivity contribution is 0.410. The molecular weight excluding hydrogens is 263 g/mol. The number of aromatic amines is 1. The topological polar surface area (TPSA) is 64.1 Å². The number of halogens is 1. The average molecular weight is 276 g/mol. The van der Waals surface area contributed by atoms with Crippen molar-refractivity contribution in [2.24, 2.45) is 0 Å². The monoisotopic (exact) mass is 276 g/mol. The van der Waals surface area contributed by atoms with E-state index in [4.69, 9.17) is 4.74 Å². The van der Waals surface area contributed by atoms with Crippen molar-refractivity contribution >= 4 is 0 Å². The third-order valence-electron chi connectivity index (χ3n) is 3.52. The molecule has 0 spiro atoms. The lowest BCUT2D eigenvalue weighted by atomic mass is 10.2. The summed E-state index contributed by atoms with van der Waals surface area (Å²) in [5, 5.41) is 0. The third-order valence-corrected chi connectivity index (χ3v) is 3.52. The Morgan fingerprint density at radius 1 is 1.30 bits per heavy atom. The standard InChI is InChI=1S/C14H13FN2O3/c1-20-12-6-5-8(15)7-11(12)17-13(18)9-3-2-4-10(9)16-14(17)19/h5-7H,2-4H2,1H3,(H,16,19). The van der Waals surface area contributed by atoms with Gasteiger partial charge in [0.25, 0.3) is 5.56 Å². The largest absolute Gasteiger partial charge is 0.495 e. The molecular formula is C14H13FN2O3. The maximum absolute atomic E-state index is 13.4. The van der Waals surface area contributed by atoms with Crippen LogP contribution in [0.3, 0.4) is 0 Å². The summed E-state index contributed by atoms with van der Waals surface area (Å²) in [6.07, 6.45) is 2.16. The highest BCUT2D eigenvalue weighted by Gasteiger charge is 2.21. The van der Waals surface area contributed by atoms with Gasteiger partial charge in [0.2, 0.25) is 0 Å². The average Bonchev–Trinajstić information content (AvgIpc) is 2.87. The number of ether oxygens (including phenoxy) is 1. The lowest BCUT2D eigenvalue weighted by Crippen LogP contribution is -2.36. The molecule has 0 aliphatic heterocycles. The zero-order chi connectivity index (χ0) is 14.3. The Balaban J connectivity index is 2.34. The molecule has 1 heterocycles. The van der Waals surface area contributed by atoms with Crippen LogP contribution in [0.5, 0.6) is 5.75 Å². The number of hydrogen-bond donors (Lipinski definition) is 1. The Morgan fingerprint density at radius 3 is 2.85 bits per heavy atom. The molecule has 0 saturated heterocycles. The number of benzene rings is 1. The summed E-state index contributed by atoms with van der Waals surface area (Å²) in [5.41, 5.74) is 0.431. The first-order valence-electron chi connectivity index (χ1n) is 6.33. The SMILES string of the molecule is COc1ccc(F)cc1-n1c(=O)[nH]c2c(c1=O)CCC2. The number of fused-ring (bicyclic) bond motifs is 1. The zero-order valence-corrected chi connectivity index (χ0v) is 10.9. The molecule has 20 heavy (non-hydrogen) atoms. The fourth-order valence-corrected chi connectivity index (χ4v) is 2.59. The molecule has 1 aromatic carbocycles. The number of methoxy groups -OCH3 is 1. The minimum Gasteiger partial charge on any atom is -0.495 e. The number of H-pyrrole nitrogens is 1. The predicted octanol–water partition coefficient (Wildman–Crippen LogP) is 1.16. The number of rotatable bonds is 2. The molecule has 0 bridgehead atoms. The van der Waals surface area contributed by atoms with Crippen LogP contribution in [-0.4, -0.2) is 16.7 Å². The number of nitrogens with zero attached hydrogens (tertiary/aromatic N) is 1. The van der Waals surface area contributed by atoms with Gasteiger partial charge in [0.05, 0.1) is 12.8 Å². The van der Waals surface area contributed by atoms with Crippen LogP contribution in [-0.2, 0) is 12.8 Å². The Morgan fingerprint density at radius 2 is 2.10 bits per heavy atom. The number of aromatic nitrogens is 2. The summed E-state index contributed by atoms with van der Waals surface area (Å²) in [5.74, 6) is -0.260. The normalized spacial score (nSPS) is 13.3. The highest BCUT2D eigenvalue weighted by Crippen LogP contribution is 2.22. The molecule has 1 aliphatic rings. The Kier molecular flexibility index (Phi) is 2.93. The highest BCUT2D eigenvalue weighted by atomic mass is 19.1. The van der Waals surface area contributed by atoms with Crippen molar-refractivity contribution < 1.29 is 9.13 Å². The van der Waals surface area contributed by atoms with Crippen LogP contribution in [0, 0.1) is 5.82 Å². The Labute approximate surface area is 113 Å². The second-order valence-corrected chi connectivity index (χ2v) is 4.70. The van der Waals surface area contributed by atoms with Crippen LogP contribution in [0.2, 0.25) is 0 Å². The zero-order valence-electron chi connectivity index (χ0n) is 10.9. The van der Waals surface area contributed by atoms with E-state index in [0.29, 0.717) is 24.1 Å². The lowest BCUT2D eigenvalue weighted by Gasteiger charge is -2.11. The smallest absolute Gasteiger partial charge is 0.333 e. The maximum atomic E-state index is 13.4.